The van der Waals surface area contributed by atoms with Crippen molar-refractivity contribution in [2.75, 3.05) is 32.8 Å². The molecule has 2 aliphatic heterocycles. The number of carbonyl (C=O) groups excluding carboxylic acids is 3. The Morgan fingerprint density at radius 3 is 2.41 bits per heavy atom. The van der Waals surface area contributed by atoms with E-state index in [1.807, 2.05) is 0 Å². The first-order valence-corrected chi connectivity index (χ1v) is 12.7. The average molecular weight is 614 g/mol. The molecule has 0 aromatic heterocycles. The largest absolute Gasteiger partial charge is 0.487 e. The van der Waals surface area contributed by atoms with Crippen molar-refractivity contribution in [1.29, 1.82) is 0 Å². The smallest absolute Gasteiger partial charge is 0.294 e. The van der Waals surface area contributed by atoms with Gasteiger partial charge < -0.3 is 14.4 Å². The minimum atomic E-state index is -0.500. The van der Waals surface area contributed by atoms with Crippen LogP contribution >= 0.6 is 43.6 Å². The van der Waals surface area contributed by atoms with E-state index in [1.165, 1.54) is 12.1 Å². The molecule has 0 saturated carbocycles. The van der Waals surface area contributed by atoms with Gasteiger partial charge in [0.1, 0.15) is 24.7 Å². The summed E-state index contributed by atoms with van der Waals surface area (Å²) in [5.41, 5.74) is 1.47. The molecule has 2 aromatic carbocycles. The highest BCUT2D eigenvalue weighted by Crippen LogP contribution is 2.38. The van der Waals surface area contributed by atoms with Gasteiger partial charge >= 0.3 is 0 Å². The van der Waals surface area contributed by atoms with Crippen molar-refractivity contribution in [3.05, 3.63) is 67.2 Å². The summed E-state index contributed by atoms with van der Waals surface area (Å²) in [5.74, 6) is -0.545. The van der Waals surface area contributed by atoms with E-state index in [1.54, 1.807) is 35.2 Å². The third-order valence-corrected chi connectivity index (χ3v) is 7.23. The number of thioether (sulfide) groups is 1. The number of benzene rings is 2. The lowest BCUT2D eigenvalue weighted by Gasteiger charge is -2.28. The minimum absolute atomic E-state index is 0.235. The summed E-state index contributed by atoms with van der Waals surface area (Å²) in [6.45, 7) is 1.74. The fourth-order valence-electron chi connectivity index (χ4n) is 3.37. The molecule has 4 rings (SSSR count). The Balaban J connectivity index is 1.44. The molecule has 3 amide bonds. The van der Waals surface area contributed by atoms with Crippen LogP contribution in [0.3, 0.4) is 0 Å². The number of hydrogen-bond acceptors (Lipinski definition) is 6. The Hall–Kier alpha value is -2.21. The Bertz CT molecular complexity index is 1130. The number of nitrogens with zero attached hydrogens (tertiary/aromatic N) is 2. The predicted molar refractivity (Wildman–Crippen MR) is 133 cm³/mol. The second kappa shape index (κ2) is 11.0. The number of hydrogen-bond donors (Lipinski definition) is 0. The molecule has 2 heterocycles. The van der Waals surface area contributed by atoms with Crippen molar-refractivity contribution in [2.45, 2.75) is 6.61 Å². The second-order valence-electron chi connectivity index (χ2n) is 7.49. The molecule has 2 aliphatic rings. The minimum Gasteiger partial charge on any atom is -0.487 e. The van der Waals surface area contributed by atoms with E-state index in [0.717, 1.165) is 22.2 Å². The first-order chi connectivity index (χ1) is 16.3. The number of carbonyl (C=O) groups is 3. The van der Waals surface area contributed by atoms with E-state index in [4.69, 9.17) is 9.47 Å². The monoisotopic (exact) mass is 612 g/mol. The van der Waals surface area contributed by atoms with E-state index in [9.17, 15) is 18.8 Å². The van der Waals surface area contributed by atoms with Gasteiger partial charge in [0, 0.05) is 13.1 Å². The normalized spacial score (nSPS) is 17.6. The van der Waals surface area contributed by atoms with Crippen LogP contribution in [0.1, 0.15) is 11.1 Å². The molecule has 0 unspecified atom stereocenters. The van der Waals surface area contributed by atoms with E-state index in [0.29, 0.717) is 46.6 Å². The fraction of sp³-hybridized carbons (Fsp3) is 0.261. The van der Waals surface area contributed by atoms with Crippen molar-refractivity contribution >= 4 is 66.8 Å². The van der Waals surface area contributed by atoms with Crippen molar-refractivity contribution < 1.29 is 28.2 Å². The molecule has 34 heavy (non-hydrogen) atoms. The van der Waals surface area contributed by atoms with E-state index >= 15 is 0 Å². The second-order valence-corrected chi connectivity index (χ2v) is 10.2. The first kappa shape index (κ1) is 24.9. The lowest BCUT2D eigenvalue weighted by atomic mass is 10.2. The Morgan fingerprint density at radius 2 is 1.76 bits per heavy atom. The lowest BCUT2D eigenvalue weighted by molar-refractivity contribution is -0.139. The van der Waals surface area contributed by atoms with Gasteiger partial charge in [0.15, 0.2) is 0 Å². The lowest BCUT2D eigenvalue weighted by Crippen LogP contribution is -2.46. The van der Waals surface area contributed by atoms with Gasteiger partial charge in [-0.25, -0.2) is 4.39 Å². The molecule has 7 nitrogen and oxygen atoms in total. The molecule has 2 aromatic rings. The number of amides is 3. The van der Waals surface area contributed by atoms with Gasteiger partial charge in [-0.15, -0.1) is 0 Å². The SMILES string of the molecule is O=C(CN1C(=O)S/C(=C\c2cc(Br)c(OCc3ccc(F)cc3)c(Br)c2)C1=O)N1CCOCC1. The average Bonchev–Trinajstić information content (AvgIpc) is 3.07. The molecule has 2 fully saturated rings. The van der Waals surface area contributed by atoms with E-state index < -0.39 is 11.1 Å². The highest BCUT2D eigenvalue weighted by molar-refractivity contribution is 9.11. The van der Waals surface area contributed by atoms with Crippen LogP contribution in [0.15, 0.2) is 50.2 Å². The Kier molecular flexibility index (Phi) is 8.07. The summed E-state index contributed by atoms with van der Waals surface area (Å²) >= 11 is 7.75. The summed E-state index contributed by atoms with van der Waals surface area (Å²) in [5, 5.41) is -0.477. The van der Waals surface area contributed by atoms with Gasteiger partial charge in [-0.2, -0.15) is 0 Å². The molecule has 0 aliphatic carbocycles. The number of halogens is 3. The maximum absolute atomic E-state index is 13.1. The summed E-state index contributed by atoms with van der Waals surface area (Å²) in [4.78, 5) is 40.5. The van der Waals surface area contributed by atoms with Crippen LogP contribution in [0.5, 0.6) is 5.75 Å². The van der Waals surface area contributed by atoms with Gasteiger partial charge in [0.05, 0.1) is 27.1 Å². The quantitative estimate of drug-likeness (QED) is 0.435. The van der Waals surface area contributed by atoms with Gasteiger partial charge in [-0.3, -0.25) is 19.3 Å². The van der Waals surface area contributed by atoms with Crippen LogP contribution in [-0.4, -0.2) is 59.7 Å². The molecule has 0 N–H and O–H groups in total. The molecular formula is C23H19Br2FN2O5S. The first-order valence-electron chi connectivity index (χ1n) is 10.3. The van der Waals surface area contributed by atoms with Crippen molar-refractivity contribution in [3.63, 3.8) is 0 Å². The number of ether oxygens (including phenoxy) is 2. The van der Waals surface area contributed by atoms with Crippen molar-refractivity contribution in [1.82, 2.24) is 9.80 Å². The zero-order valence-corrected chi connectivity index (χ0v) is 21.8. The molecule has 0 radical (unpaired) electrons. The summed E-state index contributed by atoms with van der Waals surface area (Å²) < 4.78 is 25.4. The van der Waals surface area contributed by atoms with Gasteiger partial charge in [-0.05, 0) is 85.1 Å². The molecule has 0 spiro atoms. The van der Waals surface area contributed by atoms with Crippen molar-refractivity contribution in [2.24, 2.45) is 0 Å². The summed E-state index contributed by atoms with van der Waals surface area (Å²) in [6.07, 6.45) is 1.60. The zero-order valence-electron chi connectivity index (χ0n) is 17.8. The fourth-order valence-corrected chi connectivity index (χ4v) is 5.66. The van der Waals surface area contributed by atoms with E-state index in [-0.39, 0.29) is 29.8 Å². The predicted octanol–water partition coefficient (Wildman–Crippen LogP) is 4.82. The van der Waals surface area contributed by atoms with Crippen LogP contribution in [-0.2, 0) is 20.9 Å². The number of imide groups is 1. The van der Waals surface area contributed by atoms with E-state index in [2.05, 4.69) is 31.9 Å². The Labute approximate surface area is 216 Å². The molecule has 11 heteroatoms. The highest BCUT2D eigenvalue weighted by atomic mass is 79.9. The third-order valence-electron chi connectivity index (χ3n) is 5.15. The number of rotatable bonds is 6. The zero-order chi connectivity index (χ0) is 24.2. The highest BCUT2D eigenvalue weighted by Gasteiger charge is 2.37. The van der Waals surface area contributed by atoms with Gasteiger partial charge in [0.25, 0.3) is 11.1 Å². The van der Waals surface area contributed by atoms with Gasteiger partial charge in [-0.1, -0.05) is 12.1 Å². The molecule has 0 bridgehead atoms. The van der Waals surface area contributed by atoms with Crippen LogP contribution in [0.2, 0.25) is 0 Å². The van der Waals surface area contributed by atoms with Crippen LogP contribution in [0, 0.1) is 5.82 Å². The standard InChI is InChI=1S/C23H19Br2FN2O5S/c24-17-9-15(10-18(25)21(17)33-13-14-1-3-16(26)4-2-14)11-19-22(30)28(23(31)34-19)12-20(29)27-5-7-32-8-6-27/h1-4,9-11H,5-8,12-13H2/b19-11-. The van der Waals surface area contributed by atoms with Crippen LogP contribution < -0.4 is 4.74 Å². The molecular weight excluding hydrogens is 595 g/mol. The summed E-state index contributed by atoms with van der Waals surface area (Å²) in [6, 6.07) is 9.55. The van der Waals surface area contributed by atoms with Gasteiger partial charge in [0.2, 0.25) is 5.91 Å². The topological polar surface area (TPSA) is 76.2 Å². The van der Waals surface area contributed by atoms with Crippen LogP contribution in [0.25, 0.3) is 6.08 Å². The van der Waals surface area contributed by atoms with Crippen LogP contribution in [0.4, 0.5) is 9.18 Å². The third kappa shape index (κ3) is 5.88. The molecule has 178 valence electrons. The maximum atomic E-state index is 13.1. The molecule has 0 atom stereocenters. The van der Waals surface area contributed by atoms with Crippen molar-refractivity contribution in [3.8, 4) is 5.75 Å². The maximum Gasteiger partial charge on any atom is 0.294 e. The Morgan fingerprint density at radius 1 is 1.12 bits per heavy atom. The number of morpholine rings is 1. The molecule has 2 saturated heterocycles. The summed E-state index contributed by atoms with van der Waals surface area (Å²) in [7, 11) is 0.